The molecule has 4 nitrogen and oxygen atoms in total. The largest absolute Gasteiger partial charge is 0.462 e. The predicted octanol–water partition coefficient (Wildman–Crippen LogP) is 4.18. The molecule has 0 bridgehead atoms. The van der Waals surface area contributed by atoms with E-state index in [-0.39, 0.29) is 11.9 Å². The van der Waals surface area contributed by atoms with Gasteiger partial charge in [-0.3, -0.25) is 4.79 Å². The smallest absolute Gasteiger partial charge is 0.338 e. The Bertz CT molecular complexity index is 654. The molecule has 5 heteroatoms. The number of amides is 1. The van der Waals surface area contributed by atoms with Crippen LogP contribution in [0.25, 0.3) is 0 Å². The van der Waals surface area contributed by atoms with Crippen molar-refractivity contribution in [3.05, 3.63) is 51.2 Å². The maximum Gasteiger partial charge on any atom is 0.338 e. The van der Waals surface area contributed by atoms with Gasteiger partial charge in [-0.25, -0.2) is 4.79 Å². The predicted molar refractivity (Wildman–Crippen MR) is 88.8 cm³/mol. The number of rotatable bonds is 5. The van der Waals surface area contributed by atoms with Gasteiger partial charge in [0, 0.05) is 10.6 Å². The van der Waals surface area contributed by atoms with Crippen molar-refractivity contribution in [2.75, 3.05) is 11.9 Å². The molecule has 1 N–H and O–H groups in total. The van der Waals surface area contributed by atoms with Gasteiger partial charge in [0.2, 0.25) is 0 Å². The molecule has 0 saturated carbocycles. The maximum atomic E-state index is 12.1. The van der Waals surface area contributed by atoms with Gasteiger partial charge in [0.1, 0.15) is 0 Å². The lowest BCUT2D eigenvalue weighted by Crippen LogP contribution is -2.10. The monoisotopic (exact) mass is 317 g/mol. The number of benzene rings is 1. The number of carbonyl (C=O) groups excluding carboxylic acids is 2. The van der Waals surface area contributed by atoms with Crippen molar-refractivity contribution < 1.29 is 14.3 Å². The molecule has 116 valence electrons. The van der Waals surface area contributed by atoms with Gasteiger partial charge >= 0.3 is 5.97 Å². The van der Waals surface area contributed by atoms with Crippen LogP contribution in [0, 0.1) is 13.8 Å². The second kappa shape index (κ2) is 7.22. The molecule has 0 spiro atoms. The van der Waals surface area contributed by atoms with Crippen molar-refractivity contribution in [1.82, 2.24) is 0 Å². The van der Waals surface area contributed by atoms with Crippen LogP contribution >= 0.6 is 11.3 Å². The van der Waals surface area contributed by atoms with E-state index >= 15 is 0 Å². The van der Waals surface area contributed by atoms with E-state index in [0.29, 0.717) is 22.7 Å². The van der Waals surface area contributed by atoms with Gasteiger partial charge in [-0.1, -0.05) is 6.92 Å². The fourth-order valence-electron chi connectivity index (χ4n) is 1.85. The van der Waals surface area contributed by atoms with Gasteiger partial charge in [-0.05, 0) is 56.2 Å². The molecule has 1 aromatic carbocycles. The number of esters is 1. The molecule has 0 aliphatic rings. The van der Waals surface area contributed by atoms with Crippen molar-refractivity contribution in [2.24, 2.45) is 0 Å². The van der Waals surface area contributed by atoms with Gasteiger partial charge < -0.3 is 10.1 Å². The van der Waals surface area contributed by atoms with E-state index < -0.39 is 0 Å². The molecule has 0 fully saturated rings. The Morgan fingerprint density at radius 1 is 1.18 bits per heavy atom. The number of aryl methyl sites for hydroxylation is 2. The number of nitrogens with one attached hydrogen (secondary N) is 1. The van der Waals surface area contributed by atoms with E-state index in [9.17, 15) is 9.59 Å². The molecule has 0 saturated heterocycles. The number of carbonyl (C=O) groups is 2. The molecule has 2 aromatic rings. The fraction of sp³-hybridized carbons (Fsp3) is 0.294. The number of ether oxygens (including phenoxy) is 1. The zero-order valence-electron chi connectivity index (χ0n) is 12.9. The van der Waals surface area contributed by atoms with Gasteiger partial charge in [0.25, 0.3) is 5.91 Å². The van der Waals surface area contributed by atoms with Crippen LogP contribution in [0.5, 0.6) is 0 Å². The highest BCUT2D eigenvalue weighted by Gasteiger charge is 2.11. The van der Waals surface area contributed by atoms with E-state index in [0.717, 1.165) is 16.9 Å². The molecule has 0 radical (unpaired) electrons. The summed E-state index contributed by atoms with van der Waals surface area (Å²) in [6.45, 7) is 6.33. The molecule has 0 atom stereocenters. The third-order valence-corrected chi connectivity index (χ3v) is 4.36. The van der Waals surface area contributed by atoms with E-state index in [1.165, 1.54) is 11.3 Å². The molecule has 1 heterocycles. The first kappa shape index (κ1) is 16.2. The first-order valence-electron chi connectivity index (χ1n) is 7.17. The molecule has 0 aliphatic heterocycles. The quantitative estimate of drug-likeness (QED) is 0.842. The summed E-state index contributed by atoms with van der Waals surface area (Å²) >= 11 is 1.47. The minimum atomic E-state index is -0.343. The maximum absolute atomic E-state index is 12.1. The second-order valence-electron chi connectivity index (χ2n) is 5.02. The van der Waals surface area contributed by atoms with Crippen molar-refractivity contribution in [3.63, 3.8) is 0 Å². The summed E-state index contributed by atoms with van der Waals surface area (Å²) in [4.78, 5) is 25.7. The topological polar surface area (TPSA) is 55.4 Å². The highest BCUT2D eigenvalue weighted by atomic mass is 32.1. The second-order valence-corrected chi connectivity index (χ2v) is 6.27. The Labute approximate surface area is 134 Å². The summed E-state index contributed by atoms with van der Waals surface area (Å²) in [7, 11) is 0. The first-order chi connectivity index (χ1) is 10.5. The third kappa shape index (κ3) is 3.95. The van der Waals surface area contributed by atoms with Crippen LogP contribution < -0.4 is 5.32 Å². The number of hydrogen-bond donors (Lipinski definition) is 1. The average Bonchev–Trinajstić information content (AvgIpc) is 2.85. The third-order valence-electron chi connectivity index (χ3n) is 3.21. The summed E-state index contributed by atoms with van der Waals surface area (Å²) in [6, 6.07) is 8.59. The van der Waals surface area contributed by atoms with Gasteiger partial charge in [-0.2, -0.15) is 0 Å². The lowest BCUT2D eigenvalue weighted by molar-refractivity contribution is 0.0505. The standard InChI is InChI=1S/C17H19NO3S/c1-4-9-21-17(20)13-5-7-14(8-6-13)18-16(19)15-10-11(2)12(3)22-15/h5-8,10H,4,9H2,1-3H3,(H,18,19). The van der Waals surface area contributed by atoms with Crippen molar-refractivity contribution in [1.29, 1.82) is 0 Å². The van der Waals surface area contributed by atoms with Crippen molar-refractivity contribution in [2.45, 2.75) is 27.2 Å². The normalized spacial score (nSPS) is 10.3. The summed E-state index contributed by atoms with van der Waals surface area (Å²) in [5, 5.41) is 2.83. The minimum Gasteiger partial charge on any atom is -0.462 e. The van der Waals surface area contributed by atoms with Gasteiger partial charge in [-0.15, -0.1) is 11.3 Å². The Hall–Kier alpha value is -2.14. The zero-order chi connectivity index (χ0) is 16.1. The molecule has 2 rings (SSSR count). The van der Waals surface area contributed by atoms with Crippen LogP contribution in [0.2, 0.25) is 0 Å². The summed E-state index contributed by atoms with van der Waals surface area (Å²) < 4.78 is 5.06. The lowest BCUT2D eigenvalue weighted by atomic mass is 10.2. The molecular formula is C17H19NO3S. The van der Waals surface area contributed by atoms with Crippen LogP contribution in [-0.4, -0.2) is 18.5 Å². The summed E-state index contributed by atoms with van der Waals surface area (Å²) in [5.41, 5.74) is 2.25. The van der Waals surface area contributed by atoms with E-state index in [4.69, 9.17) is 4.74 Å². The minimum absolute atomic E-state index is 0.137. The summed E-state index contributed by atoms with van der Waals surface area (Å²) in [6.07, 6.45) is 0.791. The summed E-state index contributed by atoms with van der Waals surface area (Å²) in [5.74, 6) is -0.480. The van der Waals surface area contributed by atoms with E-state index in [1.807, 2.05) is 26.8 Å². The van der Waals surface area contributed by atoms with Crippen LogP contribution in [0.1, 0.15) is 43.8 Å². The van der Waals surface area contributed by atoms with Crippen LogP contribution in [0.15, 0.2) is 30.3 Å². The molecule has 0 unspecified atom stereocenters. The van der Waals surface area contributed by atoms with Crippen LogP contribution in [-0.2, 0) is 4.74 Å². The van der Waals surface area contributed by atoms with Crippen LogP contribution in [0.3, 0.4) is 0 Å². The van der Waals surface area contributed by atoms with E-state index in [2.05, 4.69) is 5.32 Å². The first-order valence-corrected chi connectivity index (χ1v) is 7.98. The van der Waals surface area contributed by atoms with Gasteiger partial charge in [0.15, 0.2) is 0 Å². The Balaban J connectivity index is 2.01. The van der Waals surface area contributed by atoms with Crippen molar-refractivity contribution >= 4 is 28.9 Å². The molecule has 22 heavy (non-hydrogen) atoms. The van der Waals surface area contributed by atoms with Crippen LogP contribution in [0.4, 0.5) is 5.69 Å². The van der Waals surface area contributed by atoms with Crippen molar-refractivity contribution in [3.8, 4) is 0 Å². The van der Waals surface area contributed by atoms with E-state index in [1.54, 1.807) is 24.3 Å². The molecular weight excluding hydrogens is 298 g/mol. The highest BCUT2D eigenvalue weighted by Crippen LogP contribution is 2.22. The Kier molecular flexibility index (Phi) is 5.33. The lowest BCUT2D eigenvalue weighted by Gasteiger charge is -2.06. The Morgan fingerprint density at radius 2 is 1.86 bits per heavy atom. The Morgan fingerprint density at radius 3 is 2.41 bits per heavy atom. The average molecular weight is 317 g/mol. The zero-order valence-corrected chi connectivity index (χ0v) is 13.8. The number of hydrogen-bond acceptors (Lipinski definition) is 4. The number of thiophene rings is 1. The highest BCUT2D eigenvalue weighted by molar-refractivity contribution is 7.14. The van der Waals surface area contributed by atoms with Gasteiger partial charge in [0.05, 0.1) is 17.0 Å². The SMILES string of the molecule is CCCOC(=O)c1ccc(NC(=O)c2cc(C)c(C)s2)cc1. The number of anilines is 1. The molecule has 1 amide bonds. The molecule has 0 aliphatic carbocycles. The fourth-order valence-corrected chi connectivity index (χ4v) is 2.77. The molecule has 1 aromatic heterocycles.